The van der Waals surface area contributed by atoms with E-state index in [0.717, 1.165) is 22.9 Å². The summed E-state index contributed by atoms with van der Waals surface area (Å²) in [5.41, 5.74) is 2.25. The topological polar surface area (TPSA) is 63.9 Å². The van der Waals surface area contributed by atoms with Gasteiger partial charge < -0.3 is 9.47 Å². The van der Waals surface area contributed by atoms with Crippen molar-refractivity contribution in [1.29, 1.82) is 0 Å². The van der Waals surface area contributed by atoms with Gasteiger partial charge in [-0.25, -0.2) is 0 Å². The standard InChI is InChI=1S/C18H15Cl2N5O/c1-11-5-6-12(9-21-11)17-23-22-15-10-24(7-8-25(15)17)18(26)13-3-2-4-14(19)16(13)20/h2-6,9H,7-8,10H2,1H3. The van der Waals surface area contributed by atoms with Gasteiger partial charge in [-0.2, -0.15) is 0 Å². The Morgan fingerprint density at radius 2 is 1.96 bits per heavy atom. The summed E-state index contributed by atoms with van der Waals surface area (Å²) in [6, 6.07) is 8.98. The number of hydrogen-bond acceptors (Lipinski definition) is 4. The number of nitrogens with zero attached hydrogens (tertiary/aromatic N) is 5. The zero-order valence-corrected chi connectivity index (χ0v) is 15.5. The number of fused-ring (bicyclic) bond motifs is 1. The Bertz CT molecular complexity index is 984. The zero-order valence-electron chi connectivity index (χ0n) is 14.0. The Labute approximate surface area is 160 Å². The molecule has 1 aliphatic rings. The average Bonchev–Trinajstić information content (AvgIpc) is 3.07. The molecule has 26 heavy (non-hydrogen) atoms. The minimum atomic E-state index is -0.162. The van der Waals surface area contributed by atoms with Gasteiger partial charge in [0.1, 0.15) is 0 Å². The number of amides is 1. The SMILES string of the molecule is Cc1ccc(-c2nnc3n2CCN(C(=O)c2cccc(Cl)c2Cl)C3)cn1. The van der Waals surface area contributed by atoms with E-state index in [4.69, 9.17) is 23.2 Å². The smallest absolute Gasteiger partial charge is 0.255 e. The van der Waals surface area contributed by atoms with Crippen LogP contribution in [-0.2, 0) is 13.1 Å². The lowest BCUT2D eigenvalue weighted by atomic mass is 10.1. The van der Waals surface area contributed by atoms with Crippen molar-refractivity contribution >= 4 is 29.1 Å². The third kappa shape index (κ3) is 2.95. The maximum absolute atomic E-state index is 12.8. The summed E-state index contributed by atoms with van der Waals surface area (Å²) in [6.07, 6.45) is 1.79. The monoisotopic (exact) mass is 387 g/mol. The number of aryl methyl sites for hydroxylation is 1. The molecule has 0 spiro atoms. The first-order valence-corrected chi connectivity index (χ1v) is 8.88. The number of benzene rings is 1. The van der Waals surface area contributed by atoms with Gasteiger partial charge in [0.15, 0.2) is 11.6 Å². The van der Waals surface area contributed by atoms with Crippen molar-refractivity contribution in [3.63, 3.8) is 0 Å². The highest BCUT2D eigenvalue weighted by atomic mass is 35.5. The van der Waals surface area contributed by atoms with Gasteiger partial charge in [0.25, 0.3) is 5.91 Å². The highest BCUT2D eigenvalue weighted by molar-refractivity contribution is 6.43. The lowest BCUT2D eigenvalue weighted by Gasteiger charge is -2.28. The number of carbonyl (C=O) groups excluding carboxylic acids is 1. The van der Waals surface area contributed by atoms with Crippen LogP contribution in [0.25, 0.3) is 11.4 Å². The van der Waals surface area contributed by atoms with Crippen LogP contribution in [0.1, 0.15) is 21.9 Å². The van der Waals surface area contributed by atoms with E-state index in [9.17, 15) is 4.79 Å². The van der Waals surface area contributed by atoms with Crippen molar-refractivity contribution in [1.82, 2.24) is 24.6 Å². The molecule has 2 aromatic heterocycles. The maximum Gasteiger partial charge on any atom is 0.255 e. The molecule has 3 aromatic rings. The molecule has 132 valence electrons. The molecular weight excluding hydrogens is 373 g/mol. The molecule has 0 radical (unpaired) electrons. The molecule has 1 amide bonds. The number of carbonyl (C=O) groups is 1. The van der Waals surface area contributed by atoms with Gasteiger partial charge in [0.2, 0.25) is 0 Å². The van der Waals surface area contributed by atoms with Crippen LogP contribution in [0, 0.1) is 6.92 Å². The molecule has 3 heterocycles. The Morgan fingerprint density at radius 3 is 2.73 bits per heavy atom. The summed E-state index contributed by atoms with van der Waals surface area (Å²) in [5, 5.41) is 9.18. The molecule has 0 atom stereocenters. The number of aromatic nitrogens is 4. The van der Waals surface area contributed by atoms with Gasteiger partial charge >= 0.3 is 0 Å². The second kappa shape index (κ2) is 6.70. The van der Waals surface area contributed by atoms with E-state index >= 15 is 0 Å². The van der Waals surface area contributed by atoms with Gasteiger partial charge in [-0.1, -0.05) is 29.3 Å². The highest BCUT2D eigenvalue weighted by Crippen LogP contribution is 2.28. The minimum absolute atomic E-state index is 0.162. The molecule has 8 heteroatoms. The fourth-order valence-corrected chi connectivity index (χ4v) is 3.37. The van der Waals surface area contributed by atoms with Crippen LogP contribution < -0.4 is 0 Å². The predicted molar refractivity (Wildman–Crippen MR) is 99.2 cm³/mol. The molecule has 0 N–H and O–H groups in total. The molecule has 0 unspecified atom stereocenters. The summed E-state index contributed by atoms with van der Waals surface area (Å²) in [7, 11) is 0. The Morgan fingerprint density at radius 1 is 1.12 bits per heavy atom. The van der Waals surface area contributed by atoms with Crippen LogP contribution in [0.3, 0.4) is 0 Å². The predicted octanol–water partition coefficient (Wildman–Crippen LogP) is 3.61. The van der Waals surface area contributed by atoms with Crippen molar-refractivity contribution in [3.8, 4) is 11.4 Å². The summed E-state index contributed by atoms with van der Waals surface area (Å²) in [5.74, 6) is 1.34. The molecule has 0 bridgehead atoms. The summed E-state index contributed by atoms with van der Waals surface area (Å²) >= 11 is 12.2. The molecule has 0 fully saturated rings. The molecule has 4 rings (SSSR count). The van der Waals surface area contributed by atoms with Crippen LogP contribution >= 0.6 is 23.2 Å². The van der Waals surface area contributed by atoms with Gasteiger partial charge in [-0.3, -0.25) is 9.78 Å². The molecule has 6 nitrogen and oxygen atoms in total. The van der Waals surface area contributed by atoms with Crippen LogP contribution in [0.4, 0.5) is 0 Å². The third-order valence-corrected chi connectivity index (χ3v) is 5.21. The van der Waals surface area contributed by atoms with Gasteiger partial charge in [-0.15, -0.1) is 10.2 Å². The van der Waals surface area contributed by atoms with Crippen LogP contribution in [-0.4, -0.2) is 37.1 Å². The maximum atomic E-state index is 12.8. The van der Waals surface area contributed by atoms with Crippen molar-refractivity contribution in [2.75, 3.05) is 6.54 Å². The van der Waals surface area contributed by atoms with Gasteiger partial charge in [-0.05, 0) is 31.2 Å². The first kappa shape index (κ1) is 17.0. The van der Waals surface area contributed by atoms with E-state index in [1.54, 1.807) is 29.3 Å². The van der Waals surface area contributed by atoms with Crippen LogP contribution in [0.15, 0.2) is 36.5 Å². The quantitative estimate of drug-likeness (QED) is 0.673. The Hall–Kier alpha value is -2.44. The molecule has 0 aliphatic carbocycles. The zero-order chi connectivity index (χ0) is 18.3. The van der Waals surface area contributed by atoms with E-state index in [1.807, 2.05) is 23.6 Å². The first-order chi connectivity index (χ1) is 12.5. The second-order valence-corrected chi connectivity index (χ2v) is 6.89. The third-order valence-electron chi connectivity index (χ3n) is 4.39. The number of pyridine rings is 1. The fraction of sp³-hybridized carbons (Fsp3) is 0.222. The molecule has 0 saturated carbocycles. The van der Waals surface area contributed by atoms with Gasteiger partial charge in [0, 0.05) is 30.5 Å². The largest absolute Gasteiger partial charge is 0.329 e. The fourth-order valence-electron chi connectivity index (χ4n) is 2.98. The molecular formula is C18H15Cl2N5O. The van der Waals surface area contributed by atoms with E-state index in [2.05, 4.69) is 15.2 Å². The van der Waals surface area contributed by atoms with Gasteiger partial charge in [0.05, 0.1) is 22.2 Å². The van der Waals surface area contributed by atoms with Crippen molar-refractivity contribution in [2.24, 2.45) is 0 Å². The lowest BCUT2D eigenvalue weighted by molar-refractivity contribution is 0.0708. The highest BCUT2D eigenvalue weighted by Gasteiger charge is 2.27. The van der Waals surface area contributed by atoms with Crippen molar-refractivity contribution in [3.05, 3.63) is 63.7 Å². The van der Waals surface area contributed by atoms with E-state index in [0.29, 0.717) is 30.2 Å². The second-order valence-electron chi connectivity index (χ2n) is 6.11. The van der Waals surface area contributed by atoms with E-state index < -0.39 is 0 Å². The Balaban J connectivity index is 1.60. The summed E-state index contributed by atoms with van der Waals surface area (Å²) < 4.78 is 2.02. The average molecular weight is 388 g/mol. The normalized spacial score (nSPS) is 13.6. The van der Waals surface area contributed by atoms with Crippen molar-refractivity contribution in [2.45, 2.75) is 20.0 Å². The number of rotatable bonds is 2. The lowest BCUT2D eigenvalue weighted by Crippen LogP contribution is -2.38. The molecule has 0 saturated heterocycles. The summed E-state index contributed by atoms with van der Waals surface area (Å²) in [6.45, 7) is 3.45. The first-order valence-electron chi connectivity index (χ1n) is 8.13. The van der Waals surface area contributed by atoms with E-state index in [-0.39, 0.29) is 10.9 Å². The number of hydrogen-bond donors (Lipinski definition) is 0. The minimum Gasteiger partial charge on any atom is -0.329 e. The van der Waals surface area contributed by atoms with Crippen molar-refractivity contribution < 1.29 is 4.79 Å². The Kier molecular flexibility index (Phi) is 4.38. The van der Waals surface area contributed by atoms with Crippen LogP contribution in [0.5, 0.6) is 0 Å². The van der Waals surface area contributed by atoms with E-state index in [1.165, 1.54) is 0 Å². The van der Waals surface area contributed by atoms with Crippen LogP contribution in [0.2, 0.25) is 10.0 Å². The number of halogens is 2. The molecule has 1 aromatic carbocycles. The molecule has 1 aliphatic heterocycles. The summed E-state index contributed by atoms with van der Waals surface area (Å²) in [4.78, 5) is 18.8.